The average molecular weight is 368 g/mol. The fourth-order valence-electron chi connectivity index (χ4n) is 2.91. The Balaban J connectivity index is 2.30. The fourth-order valence-corrected chi connectivity index (χ4v) is 2.91. The molecule has 1 aromatic heterocycles. The van der Waals surface area contributed by atoms with Crippen LogP contribution in [0.5, 0.6) is 0 Å². The lowest BCUT2D eigenvalue weighted by Crippen LogP contribution is -2.45. The molecule has 2 aromatic rings. The molecule has 7 nitrogen and oxygen atoms in total. The molecule has 0 unspecified atom stereocenters. The summed E-state index contributed by atoms with van der Waals surface area (Å²) in [5.74, 6) is -0.0982. The Morgan fingerprint density at radius 1 is 1.22 bits per heavy atom. The summed E-state index contributed by atoms with van der Waals surface area (Å²) >= 11 is 0. The van der Waals surface area contributed by atoms with E-state index in [0.717, 1.165) is 16.6 Å². The molecule has 1 atom stereocenters. The van der Waals surface area contributed by atoms with Gasteiger partial charge in [0.25, 0.3) is 5.56 Å². The summed E-state index contributed by atoms with van der Waals surface area (Å²) in [5, 5.41) is 12.0. The molecule has 1 amide bonds. The van der Waals surface area contributed by atoms with Gasteiger partial charge in [0, 0.05) is 12.7 Å². The monoisotopic (exact) mass is 368 g/mol. The lowest BCUT2D eigenvalue weighted by molar-refractivity contribution is -0.122. The highest BCUT2D eigenvalue weighted by Crippen LogP contribution is 2.20. The maximum absolute atomic E-state index is 12.6. The molecule has 0 bridgehead atoms. The Labute approximate surface area is 157 Å². The van der Waals surface area contributed by atoms with Crippen molar-refractivity contribution in [1.29, 1.82) is 5.26 Å². The van der Waals surface area contributed by atoms with Crippen molar-refractivity contribution in [2.24, 2.45) is 5.92 Å². The van der Waals surface area contributed by atoms with Crippen molar-refractivity contribution in [3.8, 4) is 6.07 Å². The first-order valence-electron chi connectivity index (χ1n) is 8.96. The summed E-state index contributed by atoms with van der Waals surface area (Å²) in [6.45, 7) is 5.72. The van der Waals surface area contributed by atoms with Crippen LogP contribution in [0, 0.1) is 17.2 Å². The summed E-state index contributed by atoms with van der Waals surface area (Å²) in [6, 6.07) is 11.1. The molecular formula is C20H24N4O3. The van der Waals surface area contributed by atoms with Crippen LogP contribution in [-0.4, -0.2) is 15.0 Å². The van der Waals surface area contributed by atoms with Gasteiger partial charge < -0.3 is 5.32 Å². The summed E-state index contributed by atoms with van der Waals surface area (Å²) < 4.78 is 2.06. The molecule has 1 heterocycles. The third kappa shape index (κ3) is 4.94. The molecule has 0 saturated carbocycles. The van der Waals surface area contributed by atoms with Gasteiger partial charge in [-0.1, -0.05) is 44.2 Å². The summed E-state index contributed by atoms with van der Waals surface area (Å²) in [6.07, 6.45) is 1.95. The minimum absolute atomic E-state index is 0.161. The topological polar surface area (TPSA) is 96.9 Å². The van der Waals surface area contributed by atoms with Crippen molar-refractivity contribution in [3.05, 3.63) is 68.5 Å². The van der Waals surface area contributed by atoms with E-state index in [1.165, 1.54) is 10.8 Å². The van der Waals surface area contributed by atoms with Gasteiger partial charge in [0.15, 0.2) is 0 Å². The molecule has 7 heteroatoms. The molecule has 27 heavy (non-hydrogen) atoms. The van der Waals surface area contributed by atoms with Crippen LogP contribution in [0.15, 0.2) is 46.1 Å². The molecule has 0 radical (unpaired) electrons. The van der Waals surface area contributed by atoms with Crippen LogP contribution in [0.3, 0.4) is 0 Å². The van der Waals surface area contributed by atoms with Gasteiger partial charge in [-0.05, 0) is 24.8 Å². The molecular weight excluding hydrogens is 344 g/mol. The van der Waals surface area contributed by atoms with Crippen molar-refractivity contribution in [2.45, 2.75) is 46.3 Å². The number of aromatic nitrogens is 2. The van der Waals surface area contributed by atoms with E-state index in [2.05, 4.69) is 19.2 Å². The minimum atomic E-state index is -0.748. The first kappa shape index (κ1) is 20.2. The number of nitrogens with one attached hydrogen (secondary N) is 1. The normalized spacial score (nSPS) is 11.8. The molecule has 142 valence electrons. The number of nitrogens with zero attached hydrogens (tertiary/aromatic N) is 3. The molecule has 1 aromatic carbocycles. The third-order valence-corrected chi connectivity index (χ3v) is 4.24. The van der Waals surface area contributed by atoms with Gasteiger partial charge in [-0.3, -0.25) is 14.2 Å². The van der Waals surface area contributed by atoms with Crippen LogP contribution >= 0.6 is 0 Å². The van der Waals surface area contributed by atoms with Gasteiger partial charge in [0.05, 0.1) is 6.04 Å². The molecule has 0 aliphatic carbocycles. The van der Waals surface area contributed by atoms with Crippen LogP contribution in [0.25, 0.3) is 0 Å². The van der Waals surface area contributed by atoms with Crippen molar-refractivity contribution in [2.75, 3.05) is 0 Å². The largest absolute Gasteiger partial charge is 0.348 e. The van der Waals surface area contributed by atoms with E-state index in [9.17, 15) is 14.4 Å². The number of nitriles is 1. The van der Waals surface area contributed by atoms with E-state index in [4.69, 9.17) is 5.26 Å². The molecule has 0 aliphatic rings. The highest BCUT2D eigenvalue weighted by molar-refractivity contribution is 5.76. The fraction of sp³-hybridized carbons (Fsp3) is 0.400. The smallest absolute Gasteiger partial charge is 0.331 e. The third-order valence-electron chi connectivity index (χ3n) is 4.24. The first-order valence-corrected chi connectivity index (χ1v) is 8.96. The Morgan fingerprint density at radius 3 is 2.44 bits per heavy atom. The average Bonchev–Trinajstić information content (AvgIpc) is 2.65. The number of carbonyl (C=O) groups excluding carboxylic acids is 1. The number of benzene rings is 1. The molecule has 0 saturated heterocycles. The quantitative estimate of drug-likeness (QED) is 0.806. The van der Waals surface area contributed by atoms with E-state index < -0.39 is 23.7 Å². The summed E-state index contributed by atoms with van der Waals surface area (Å²) in [5.41, 5.74) is -0.547. The predicted molar refractivity (Wildman–Crippen MR) is 102 cm³/mol. The zero-order valence-corrected chi connectivity index (χ0v) is 15.8. The molecule has 2 rings (SSSR count). The predicted octanol–water partition coefficient (Wildman–Crippen LogP) is 1.81. The van der Waals surface area contributed by atoms with Crippen molar-refractivity contribution >= 4 is 5.91 Å². The Bertz CT molecular complexity index is 952. The standard InChI is InChI=1S/C20H24N4O3/c1-4-23-12-16(11-21)19(26)24(20(23)27)13-18(25)22-17(10-14(2)3)15-8-6-5-7-9-15/h5-9,12,14,17H,4,10,13H2,1-3H3,(H,22,25)/t17-/m1/s1. The van der Waals surface area contributed by atoms with E-state index in [0.29, 0.717) is 12.5 Å². The second kappa shape index (κ2) is 8.99. The molecule has 0 fully saturated rings. The van der Waals surface area contributed by atoms with Gasteiger partial charge in [-0.2, -0.15) is 5.26 Å². The van der Waals surface area contributed by atoms with E-state index in [1.807, 2.05) is 30.3 Å². The van der Waals surface area contributed by atoms with Crippen LogP contribution in [0.2, 0.25) is 0 Å². The number of aryl methyl sites for hydroxylation is 1. The van der Waals surface area contributed by atoms with E-state index in [1.54, 1.807) is 13.0 Å². The van der Waals surface area contributed by atoms with Crippen LogP contribution in [0.1, 0.15) is 44.4 Å². The minimum Gasteiger partial charge on any atom is -0.348 e. The van der Waals surface area contributed by atoms with Crippen LogP contribution < -0.4 is 16.6 Å². The maximum atomic E-state index is 12.6. The maximum Gasteiger partial charge on any atom is 0.331 e. The van der Waals surface area contributed by atoms with Gasteiger partial charge >= 0.3 is 5.69 Å². The first-order chi connectivity index (χ1) is 12.9. The SMILES string of the molecule is CCn1cc(C#N)c(=O)n(CC(=O)N[C@H](CC(C)C)c2ccccc2)c1=O. The number of hydrogen-bond acceptors (Lipinski definition) is 4. The Hall–Kier alpha value is -3.14. The van der Waals surface area contributed by atoms with E-state index >= 15 is 0 Å². The summed E-state index contributed by atoms with van der Waals surface area (Å²) in [7, 11) is 0. The van der Waals surface area contributed by atoms with Crippen molar-refractivity contribution in [1.82, 2.24) is 14.5 Å². The highest BCUT2D eigenvalue weighted by atomic mass is 16.2. The van der Waals surface area contributed by atoms with E-state index in [-0.39, 0.29) is 11.6 Å². The highest BCUT2D eigenvalue weighted by Gasteiger charge is 2.18. The van der Waals surface area contributed by atoms with Gasteiger partial charge in [0.1, 0.15) is 18.2 Å². The van der Waals surface area contributed by atoms with Crippen LogP contribution in [0.4, 0.5) is 0 Å². The molecule has 0 aliphatic heterocycles. The summed E-state index contributed by atoms with van der Waals surface area (Å²) in [4.78, 5) is 37.3. The van der Waals surface area contributed by atoms with Gasteiger partial charge in [0.2, 0.25) is 5.91 Å². The van der Waals surface area contributed by atoms with Crippen molar-refractivity contribution in [3.63, 3.8) is 0 Å². The second-order valence-corrected chi connectivity index (χ2v) is 6.77. The number of rotatable bonds is 7. The van der Waals surface area contributed by atoms with Gasteiger partial charge in [-0.25, -0.2) is 9.36 Å². The second-order valence-electron chi connectivity index (χ2n) is 6.77. The number of hydrogen-bond donors (Lipinski definition) is 1. The Morgan fingerprint density at radius 2 is 1.89 bits per heavy atom. The van der Waals surface area contributed by atoms with Crippen LogP contribution in [-0.2, 0) is 17.9 Å². The lowest BCUT2D eigenvalue weighted by atomic mass is 9.97. The van der Waals surface area contributed by atoms with Crippen molar-refractivity contribution < 1.29 is 4.79 Å². The zero-order chi connectivity index (χ0) is 20.0. The number of carbonyl (C=O) groups is 1. The lowest BCUT2D eigenvalue weighted by Gasteiger charge is -2.21. The number of amides is 1. The molecule has 1 N–H and O–H groups in total. The zero-order valence-electron chi connectivity index (χ0n) is 15.8. The van der Waals surface area contributed by atoms with Gasteiger partial charge in [-0.15, -0.1) is 0 Å². The Kier molecular flexibility index (Phi) is 6.72. The molecule has 0 spiro atoms.